The highest BCUT2D eigenvalue weighted by molar-refractivity contribution is 9.08. The number of benzene rings is 1. The number of hydrogen-bond donors (Lipinski definition) is 0. The van der Waals surface area contributed by atoms with E-state index in [1.165, 1.54) is 24.1 Å². The molecular weight excluding hydrogens is 286 g/mol. The monoisotopic (exact) mass is 303 g/mol. The normalized spacial score (nSPS) is 12.6. The van der Waals surface area contributed by atoms with Crippen molar-refractivity contribution in [2.45, 2.75) is 38.1 Å². The Kier molecular flexibility index (Phi) is 5.63. The molecule has 0 aliphatic carbocycles. The Bertz CT molecular complexity index is 341. The molecule has 1 unspecified atom stereocenters. The van der Waals surface area contributed by atoms with Gasteiger partial charge in [0.1, 0.15) is 0 Å². The van der Waals surface area contributed by atoms with E-state index in [1.807, 2.05) is 12.1 Å². The number of alkyl halides is 1. The maximum Gasteiger partial charge on any atom is 0.0410 e. The van der Waals surface area contributed by atoms with Gasteiger partial charge in [-0.1, -0.05) is 40.9 Å². The van der Waals surface area contributed by atoms with Crippen molar-refractivity contribution in [3.05, 3.63) is 28.8 Å². The predicted molar refractivity (Wildman–Crippen MR) is 76.9 cm³/mol. The molecule has 1 rings (SSSR count). The Morgan fingerprint density at radius 2 is 2.12 bits per heavy atom. The average Bonchev–Trinajstić information content (AvgIpc) is 2.28. The van der Waals surface area contributed by atoms with Crippen LogP contribution in [0, 0.1) is 0 Å². The van der Waals surface area contributed by atoms with Crippen molar-refractivity contribution in [1.82, 2.24) is 0 Å². The lowest BCUT2D eigenvalue weighted by molar-refractivity contribution is 0.615. The third-order valence-electron chi connectivity index (χ3n) is 2.93. The van der Waals surface area contributed by atoms with E-state index in [9.17, 15) is 0 Å². The molecule has 16 heavy (non-hydrogen) atoms. The molecule has 90 valence electrons. The van der Waals surface area contributed by atoms with Crippen LogP contribution in [0.1, 0.15) is 32.3 Å². The van der Waals surface area contributed by atoms with Crippen LogP contribution in [0.5, 0.6) is 0 Å². The Morgan fingerprint density at radius 3 is 2.69 bits per heavy atom. The fourth-order valence-corrected chi connectivity index (χ4v) is 2.50. The van der Waals surface area contributed by atoms with Gasteiger partial charge in [0.2, 0.25) is 0 Å². The Morgan fingerprint density at radius 1 is 1.44 bits per heavy atom. The highest BCUT2D eigenvalue weighted by atomic mass is 79.9. The molecule has 0 saturated heterocycles. The summed E-state index contributed by atoms with van der Waals surface area (Å²) in [5.74, 6) is 0. The number of nitrogens with zero attached hydrogens (tertiary/aromatic N) is 1. The van der Waals surface area contributed by atoms with Gasteiger partial charge in [0.15, 0.2) is 0 Å². The van der Waals surface area contributed by atoms with Gasteiger partial charge < -0.3 is 4.90 Å². The lowest BCUT2D eigenvalue weighted by atomic mass is 10.1. The molecule has 1 atom stereocenters. The summed E-state index contributed by atoms with van der Waals surface area (Å²) in [6.07, 6.45) is 2.42. The molecule has 3 heteroatoms. The summed E-state index contributed by atoms with van der Waals surface area (Å²) in [6, 6.07) is 6.65. The molecule has 1 aromatic carbocycles. The third kappa shape index (κ3) is 3.39. The molecule has 0 aliphatic heterocycles. The molecule has 0 aliphatic rings. The van der Waals surface area contributed by atoms with E-state index < -0.39 is 0 Å². The highest BCUT2D eigenvalue weighted by Crippen LogP contribution is 2.27. The Labute approximate surface area is 112 Å². The predicted octanol–water partition coefficient (Wildman–Crippen LogP) is 4.86. The first kappa shape index (κ1) is 13.9. The summed E-state index contributed by atoms with van der Waals surface area (Å²) in [5, 5.41) is 1.64. The molecular formula is C13H19BrClN. The van der Waals surface area contributed by atoms with Gasteiger partial charge in [-0.25, -0.2) is 0 Å². The van der Waals surface area contributed by atoms with Crippen molar-refractivity contribution in [2.75, 3.05) is 11.9 Å². The zero-order chi connectivity index (χ0) is 12.1. The fourth-order valence-electron chi connectivity index (χ4n) is 1.85. The number of hydrogen-bond acceptors (Lipinski definition) is 1. The summed E-state index contributed by atoms with van der Waals surface area (Å²) in [6.45, 7) is 4.48. The maximum absolute atomic E-state index is 6.00. The van der Waals surface area contributed by atoms with Crippen molar-refractivity contribution in [1.29, 1.82) is 0 Å². The minimum atomic E-state index is 0.559. The Hall–Kier alpha value is -0.210. The van der Waals surface area contributed by atoms with Crippen LogP contribution in [0.4, 0.5) is 5.69 Å². The lowest BCUT2D eigenvalue weighted by Gasteiger charge is -2.28. The summed E-state index contributed by atoms with van der Waals surface area (Å²) in [5.41, 5.74) is 2.51. The van der Waals surface area contributed by atoms with Gasteiger partial charge in [0.25, 0.3) is 0 Å². The van der Waals surface area contributed by atoms with Gasteiger partial charge >= 0.3 is 0 Å². The molecule has 1 nitrogen and oxygen atoms in total. The molecule has 0 spiro atoms. The van der Waals surface area contributed by atoms with Gasteiger partial charge in [0, 0.05) is 29.1 Å². The number of halogens is 2. The SMILES string of the molecule is CCCC(C)N(C)c1ccc(Cl)cc1CBr. The van der Waals surface area contributed by atoms with Crippen LogP contribution in [0.15, 0.2) is 18.2 Å². The van der Waals surface area contributed by atoms with E-state index in [2.05, 4.69) is 47.8 Å². The van der Waals surface area contributed by atoms with E-state index in [0.29, 0.717) is 6.04 Å². The van der Waals surface area contributed by atoms with E-state index in [0.717, 1.165) is 10.4 Å². The molecule has 0 fully saturated rings. The summed E-state index contributed by atoms with van der Waals surface area (Å²) in [4.78, 5) is 2.33. The van der Waals surface area contributed by atoms with Gasteiger partial charge in [0.05, 0.1) is 0 Å². The molecule has 0 N–H and O–H groups in total. The van der Waals surface area contributed by atoms with Crippen LogP contribution in [0.25, 0.3) is 0 Å². The smallest absolute Gasteiger partial charge is 0.0410 e. The van der Waals surface area contributed by atoms with Crippen molar-refractivity contribution < 1.29 is 0 Å². The lowest BCUT2D eigenvalue weighted by Crippen LogP contribution is -2.29. The summed E-state index contributed by atoms with van der Waals surface area (Å²) >= 11 is 9.52. The van der Waals surface area contributed by atoms with Crippen molar-refractivity contribution in [3.8, 4) is 0 Å². The maximum atomic E-state index is 6.00. The van der Waals surface area contributed by atoms with Crippen LogP contribution in [0.3, 0.4) is 0 Å². The van der Waals surface area contributed by atoms with Crippen LogP contribution in [-0.2, 0) is 5.33 Å². The number of anilines is 1. The van der Waals surface area contributed by atoms with Crippen molar-refractivity contribution in [3.63, 3.8) is 0 Å². The van der Waals surface area contributed by atoms with Crippen molar-refractivity contribution in [2.24, 2.45) is 0 Å². The molecule has 0 radical (unpaired) electrons. The van der Waals surface area contributed by atoms with Crippen LogP contribution >= 0.6 is 27.5 Å². The van der Waals surface area contributed by atoms with E-state index in [1.54, 1.807) is 0 Å². The second-order valence-corrected chi connectivity index (χ2v) is 5.15. The summed E-state index contributed by atoms with van der Waals surface area (Å²) in [7, 11) is 2.15. The minimum Gasteiger partial charge on any atom is -0.372 e. The van der Waals surface area contributed by atoms with Crippen LogP contribution in [-0.4, -0.2) is 13.1 Å². The molecule has 0 aromatic heterocycles. The van der Waals surface area contributed by atoms with Crippen LogP contribution < -0.4 is 4.90 Å². The molecule has 0 amide bonds. The molecule has 0 heterocycles. The van der Waals surface area contributed by atoms with Crippen LogP contribution in [0.2, 0.25) is 5.02 Å². The zero-order valence-corrected chi connectivity index (χ0v) is 12.5. The van der Waals surface area contributed by atoms with E-state index in [4.69, 9.17) is 11.6 Å². The summed E-state index contributed by atoms with van der Waals surface area (Å²) < 4.78 is 0. The van der Waals surface area contributed by atoms with Gasteiger partial charge in [-0.05, 0) is 37.1 Å². The van der Waals surface area contributed by atoms with Gasteiger partial charge in [-0.3, -0.25) is 0 Å². The average molecular weight is 305 g/mol. The minimum absolute atomic E-state index is 0.559. The second kappa shape index (κ2) is 6.51. The highest BCUT2D eigenvalue weighted by Gasteiger charge is 2.12. The number of rotatable bonds is 5. The molecule has 0 saturated carbocycles. The second-order valence-electron chi connectivity index (χ2n) is 4.16. The van der Waals surface area contributed by atoms with Gasteiger partial charge in [-0.15, -0.1) is 0 Å². The fraction of sp³-hybridized carbons (Fsp3) is 0.538. The third-order valence-corrected chi connectivity index (χ3v) is 3.77. The van der Waals surface area contributed by atoms with E-state index >= 15 is 0 Å². The van der Waals surface area contributed by atoms with Gasteiger partial charge in [-0.2, -0.15) is 0 Å². The largest absolute Gasteiger partial charge is 0.372 e. The topological polar surface area (TPSA) is 3.24 Å². The van der Waals surface area contributed by atoms with E-state index in [-0.39, 0.29) is 0 Å². The first-order chi connectivity index (χ1) is 7.60. The first-order valence-electron chi connectivity index (χ1n) is 5.67. The zero-order valence-electron chi connectivity index (χ0n) is 10.1. The molecule has 0 bridgehead atoms. The quantitative estimate of drug-likeness (QED) is 0.702. The first-order valence-corrected chi connectivity index (χ1v) is 7.17. The van der Waals surface area contributed by atoms with Crippen molar-refractivity contribution >= 4 is 33.2 Å². The standard InChI is InChI=1S/C13H19BrClN/c1-4-5-10(2)16(3)13-7-6-12(15)8-11(13)9-14/h6-8,10H,4-5,9H2,1-3H3. The molecule has 1 aromatic rings. The Balaban J connectivity index is 2.93.